The number of hydrogen-bond donors (Lipinski definition) is 3. The van der Waals surface area contributed by atoms with Crippen LogP contribution in [-0.4, -0.2) is 66.9 Å². The Hall–Kier alpha value is -4.40. The van der Waals surface area contributed by atoms with Gasteiger partial charge < -0.3 is 21.3 Å². The van der Waals surface area contributed by atoms with Crippen molar-refractivity contribution in [2.24, 2.45) is 10.7 Å². The summed E-state index contributed by atoms with van der Waals surface area (Å²) < 4.78 is 41.9. The number of anilines is 2. The molecule has 0 aliphatic carbocycles. The van der Waals surface area contributed by atoms with E-state index in [4.69, 9.17) is 5.73 Å². The van der Waals surface area contributed by atoms with E-state index >= 15 is 0 Å². The number of likely N-dealkylation sites (N-methyl/N-ethyl adjacent to an activating group) is 1. The number of pyridine rings is 1. The van der Waals surface area contributed by atoms with E-state index in [1.54, 1.807) is 43.6 Å². The fourth-order valence-electron chi connectivity index (χ4n) is 4.32. The molecule has 8 nitrogen and oxygen atoms in total. The highest BCUT2D eigenvalue weighted by atomic mass is 19.4. The van der Waals surface area contributed by atoms with Gasteiger partial charge in [-0.1, -0.05) is 37.8 Å². The number of rotatable bonds is 5. The second kappa shape index (κ2) is 15.2. The van der Waals surface area contributed by atoms with Gasteiger partial charge in [-0.05, 0) is 61.5 Å². The van der Waals surface area contributed by atoms with Crippen LogP contribution in [0.15, 0.2) is 59.7 Å². The number of carbonyl (C=O) groups excluding carboxylic acids is 1. The van der Waals surface area contributed by atoms with Gasteiger partial charge in [-0.25, -0.2) is 4.98 Å². The van der Waals surface area contributed by atoms with Gasteiger partial charge in [-0.15, -0.1) is 0 Å². The number of benzene rings is 2. The van der Waals surface area contributed by atoms with Crippen molar-refractivity contribution in [3.8, 4) is 11.8 Å². The van der Waals surface area contributed by atoms with Crippen molar-refractivity contribution in [1.29, 1.82) is 0 Å². The maximum atomic E-state index is 14.0. The Morgan fingerprint density at radius 1 is 1.02 bits per heavy atom. The minimum atomic E-state index is -4.55. The topological polar surface area (TPSA) is 98.9 Å². The van der Waals surface area contributed by atoms with Crippen molar-refractivity contribution in [3.05, 3.63) is 88.1 Å². The first-order valence-electron chi connectivity index (χ1n) is 14.0. The molecule has 1 aromatic heterocycles. The van der Waals surface area contributed by atoms with Crippen LogP contribution >= 0.6 is 0 Å². The molecule has 0 radical (unpaired) electrons. The molecule has 4 N–H and O–H groups in total. The van der Waals surface area contributed by atoms with Gasteiger partial charge in [0.1, 0.15) is 5.82 Å². The second-order valence-corrected chi connectivity index (χ2v) is 9.82. The summed E-state index contributed by atoms with van der Waals surface area (Å²) in [5, 5.41) is 5.49. The Morgan fingerprint density at radius 3 is 2.40 bits per heavy atom. The molecule has 0 atom stereocenters. The van der Waals surface area contributed by atoms with Crippen molar-refractivity contribution in [2.45, 2.75) is 33.5 Å². The molecule has 1 aliphatic heterocycles. The van der Waals surface area contributed by atoms with Crippen LogP contribution in [0.25, 0.3) is 0 Å². The van der Waals surface area contributed by atoms with E-state index in [1.807, 2.05) is 32.7 Å². The van der Waals surface area contributed by atoms with Crippen LogP contribution in [0, 0.1) is 18.8 Å². The number of guanidine groups is 1. The molecule has 0 unspecified atom stereocenters. The Bertz CT molecular complexity index is 1500. The van der Waals surface area contributed by atoms with Crippen LogP contribution < -0.4 is 16.4 Å². The first-order chi connectivity index (χ1) is 20.5. The summed E-state index contributed by atoms with van der Waals surface area (Å²) in [6, 6.07) is 12.4. The average Bonchev–Trinajstić information content (AvgIpc) is 2.99. The Labute approximate surface area is 251 Å². The van der Waals surface area contributed by atoms with Gasteiger partial charge in [0.2, 0.25) is 0 Å². The third-order valence-corrected chi connectivity index (χ3v) is 6.79. The van der Waals surface area contributed by atoms with E-state index < -0.39 is 17.6 Å². The van der Waals surface area contributed by atoms with E-state index in [2.05, 4.69) is 37.4 Å². The number of amides is 1. The minimum absolute atomic E-state index is 0.0684. The number of piperazine rings is 1. The van der Waals surface area contributed by atoms with Crippen molar-refractivity contribution in [3.63, 3.8) is 0 Å². The number of hydrogen-bond acceptors (Lipinski definition) is 5. The molecule has 11 heteroatoms. The van der Waals surface area contributed by atoms with Crippen molar-refractivity contribution in [2.75, 3.05) is 50.9 Å². The minimum Gasteiger partial charge on any atom is -0.370 e. The van der Waals surface area contributed by atoms with Crippen LogP contribution in [0.5, 0.6) is 0 Å². The third kappa shape index (κ3) is 9.30. The van der Waals surface area contributed by atoms with Crippen LogP contribution in [0.3, 0.4) is 0 Å². The molecule has 3 aromatic rings. The molecular formula is C32H38F3N7O. The zero-order valence-corrected chi connectivity index (χ0v) is 25.1. The summed E-state index contributed by atoms with van der Waals surface area (Å²) in [5.41, 5.74) is 7.51. The molecule has 228 valence electrons. The van der Waals surface area contributed by atoms with Gasteiger partial charge in [0, 0.05) is 62.8 Å². The van der Waals surface area contributed by atoms with Crippen molar-refractivity contribution >= 4 is 23.4 Å². The van der Waals surface area contributed by atoms with Crippen molar-refractivity contribution in [1.82, 2.24) is 14.8 Å². The number of nitrogens with zero attached hydrogens (tertiary/aromatic N) is 4. The zero-order valence-electron chi connectivity index (χ0n) is 25.1. The van der Waals surface area contributed by atoms with Crippen LogP contribution in [0.2, 0.25) is 0 Å². The zero-order chi connectivity index (χ0) is 31.6. The maximum absolute atomic E-state index is 14.0. The van der Waals surface area contributed by atoms with Crippen LogP contribution in [0.4, 0.5) is 24.7 Å². The lowest BCUT2D eigenvalue weighted by Crippen LogP contribution is -2.44. The number of halogens is 3. The SMILES string of the molecule is CC.CN=C(N)Nc1ncccc1C#Cc1cc(C(=O)Nc2ccc(CN3CCN(C)CC3)c(C(F)(F)F)c2)ccc1C. The molecule has 0 saturated carbocycles. The Kier molecular flexibility index (Phi) is 11.7. The Morgan fingerprint density at radius 2 is 1.72 bits per heavy atom. The molecule has 4 rings (SSSR count). The van der Waals surface area contributed by atoms with Gasteiger partial charge >= 0.3 is 6.18 Å². The van der Waals surface area contributed by atoms with Crippen LogP contribution in [0.1, 0.15) is 52.0 Å². The molecule has 0 spiro atoms. The fourth-order valence-corrected chi connectivity index (χ4v) is 4.32. The number of aliphatic imine (C=N–C) groups is 1. The molecule has 2 aromatic carbocycles. The first-order valence-corrected chi connectivity index (χ1v) is 14.0. The normalized spacial score (nSPS) is 14.2. The first kappa shape index (κ1) is 33.1. The second-order valence-electron chi connectivity index (χ2n) is 9.82. The highest BCUT2D eigenvalue weighted by Gasteiger charge is 2.34. The molecule has 1 fully saturated rings. The summed E-state index contributed by atoms with van der Waals surface area (Å²) in [7, 11) is 3.54. The van der Waals surface area contributed by atoms with E-state index in [0.29, 0.717) is 30.0 Å². The molecule has 1 saturated heterocycles. The maximum Gasteiger partial charge on any atom is 0.416 e. The predicted molar refractivity (Wildman–Crippen MR) is 166 cm³/mol. The number of carbonyl (C=O) groups is 1. The lowest BCUT2D eigenvalue weighted by atomic mass is 10.0. The van der Waals surface area contributed by atoms with Crippen molar-refractivity contribution < 1.29 is 18.0 Å². The lowest BCUT2D eigenvalue weighted by molar-refractivity contribution is -0.138. The number of nitrogens with two attached hydrogens (primary N) is 1. The summed E-state index contributed by atoms with van der Waals surface area (Å²) in [4.78, 5) is 25.3. The summed E-state index contributed by atoms with van der Waals surface area (Å²) in [6.45, 7) is 9.06. The summed E-state index contributed by atoms with van der Waals surface area (Å²) >= 11 is 0. The van der Waals surface area contributed by atoms with Gasteiger partial charge in [0.15, 0.2) is 5.96 Å². The van der Waals surface area contributed by atoms with E-state index in [-0.39, 0.29) is 29.3 Å². The summed E-state index contributed by atoms with van der Waals surface area (Å²) in [6.07, 6.45) is -2.96. The molecule has 0 bridgehead atoms. The quantitative estimate of drug-likeness (QED) is 0.214. The van der Waals surface area contributed by atoms with Gasteiger partial charge in [-0.2, -0.15) is 13.2 Å². The third-order valence-electron chi connectivity index (χ3n) is 6.79. The smallest absolute Gasteiger partial charge is 0.370 e. The average molecular weight is 594 g/mol. The largest absolute Gasteiger partial charge is 0.416 e. The Balaban J connectivity index is 0.00000248. The monoisotopic (exact) mass is 593 g/mol. The number of aromatic nitrogens is 1. The molecule has 43 heavy (non-hydrogen) atoms. The number of nitrogens with one attached hydrogen (secondary N) is 2. The highest BCUT2D eigenvalue weighted by molar-refractivity contribution is 6.04. The lowest BCUT2D eigenvalue weighted by Gasteiger charge is -2.33. The standard InChI is InChI=1S/C30H32F3N7O.C2H6/c1-20-6-7-23(17-22(20)9-8-21-5-4-12-36-27(21)38-29(34)35-2)28(41)37-25-11-10-24(26(18-25)30(31,32)33)19-40-15-13-39(3)14-16-40;1-2/h4-7,10-12,17-18H,13-16,19H2,1-3H3,(H,37,41)(H3,34,35,36,38);1-2H3. The number of aryl methyl sites for hydroxylation is 1. The van der Waals surface area contributed by atoms with Crippen LogP contribution in [-0.2, 0) is 12.7 Å². The predicted octanol–water partition coefficient (Wildman–Crippen LogP) is 5.19. The van der Waals surface area contributed by atoms with Gasteiger partial charge in [0.05, 0.1) is 11.1 Å². The molecular weight excluding hydrogens is 555 g/mol. The van der Waals surface area contributed by atoms with E-state index in [1.165, 1.54) is 12.1 Å². The molecule has 2 heterocycles. The van der Waals surface area contributed by atoms with E-state index in [0.717, 1.165) is 24.7 Å². The molecule has 1 aliphatic rings. The number of alkyl halides is 3. The highest BCUT2D eigenvalue weighted by Crippen LogP contribution is 2.34. The van der Waals surface area contributed by atoms with Gasteiger partial charge in [0.25, 0.3) is 5.91 Å². The fraction of sp³-hybridized carbons (Fsp3) is 0.344. The molecule has 1 amide bonds. The summed E-state index contributed by atoms with van der Waals surface area (Å²) in [5.74, 6) is 6.16. The van der Waals surface area contributed by atoms with Gasteiger partial charge in [-0.3, -0.25) is 14.7 Å². The van der Waals surface area contributed by atoms with E-state index in [9.17, 15) is 18.0 Å².